The van der Waals surface area contributed by atoms with Crippen LogP contribution in [0.25, 0.3) is 0 Å². The predicted molar refractivity (Wildman–Crippen MR) is 65.2 cm³/mol. The average Bonchev–Trinajstić information content (AvgIpc) is 2.36. The molecule has 1 N–H and O–H groups in total. The van der Waals surface area contributed by atoms with Gasteiger partial charge in [0.2, 0.25) is 5.91 Å². The van der Waals surface area contributed by atoms with Crippen LogP contribution in [-0.2, 0) is 9.53 Å². The zero-order valence-electron chi connectivity index (χ0n) is 10.8. The second kappa shape index (κ2) is 6.88. The molecule has 0 saturated heterocycles. The molecule has 0 bridgehead atoms. The largest absolute Gasteiger partial charge is 0.495 e. The number of hydrogen-bond donors (Lipinski definition) is 1. The van der Waals surface area contributed by atoms with E-state index in [1.807, 2.05) is 0 Å². The van der Waals surface area contributed by atoms with Crippen LogP contribution >= 0.6 is 0 Å². The molecule has 1 aromatic carbocycles. The van der Waals surface area contributed by atoms with Crippen molar-refractivity contribution in [2.24, 2.45) is 0 Å². The molecule has 0 aliphatic rings. The standard InChI is InChI=1S/C11H11F3N2O5/c1-20-9-3-2-7(16(18)19)4-8(9)15-10(17)5-21-6-11(12,13)14/h2-4H,5-6H2,1H3,(H,15,17). The summed E-state index contributed by atoms with van der Waals surface area (Å²) in [6.07, 6.45) is -4.54. The molecular formula is C11H11F3N2O5. The van der Waals surface area contributed by atoms with Gasteiger partial charge < -0.3 is 14.8 Å². The fourth-order valence-corrected chi connectivity index (χ4v) is 1.35. The molecule has 1 aromatic rings. The van der Waals surface area contributed by atoms with E-state index in [-0.39, 0.29) is 17.1 Å². The number of nitrogens with zero attached hydrogens (tertiary/aromatic N) is 1. The Bertz CT molecular complexity index is 533. The van der Waals surface area contributed by atoms with Gasteiger partial charge in [0.05, 0.1) is 17.7 Å². The first kappa shape index (κ1) is 16.7. The Balaban J connectivity index is 2.70. The molecule has 10 heteroatoms. The van der Waals surface area contributed by atoms with Gasteiger partial charge in [0.15, 0.2) is 0 Å². The zero-order valence-corrected chi connectivity index (χ0v) is 10.8. The zero-order chi connectivity index (χ0) is 16.0. The molecule has 0 spiro atoms. The van der Waals surface area contributed by atoms with Gasteiger partial charge in [-0.3, -0.25) is 14.9 Å². The summed E-state index contributed by atoms with van der Waals surface area (Å²) in [4.78, 5) is 21.4. The van der Waals surface area contributed by atoms with Crippen LogP contribution in [0.3, 0.4) is 0 Å². The summed E-state index contributed by atoms with van der Waals surface area (Å²) in [6, 6.07) is 3.44. The molecule has 0 atom stereocenters. The minimum atomic E-state index is -4.54. The summed E-state index contributed by atoms with van der Waals surface area (Å²) in [6.45, 7) is -2.40. The van der Waals surface area contributed by atoms with Crippen LogP contribution in [0, 0.1) is 10.1 Å². The number of nitrogens with one attached hydrogen (secondary N) is 1. The van der Waals surface area contributed by atoms with Crippen molar-refractivity contribution in [3.8, 4) is 5.75 Å². The Morgan fingerprint density at radius 2 is 2.10 bits per heavy atom. The number of hydrogen-bond acceptors (Lipinski definition) is 5. The maximum absolute atomic E-state index is 11.8. The molecule has 0 aromatic heterocycles. The molecule has 0 aliphatic carbocycles. The Kier molecular flexibility index (Phi) is 5.47. The van der Waals surface area contributed by atoms with Gasteiger partial charge in [-0.05, 0) is 6.07 Å². The number of carbonyl (C=O) groups excluding carboxylic acids is 1. The molecule has 0 unspecified atom stereocenters. The minimum absolute atomic E-state index is 0.0349. The molecule has 1 rings (SSSR count). The van der Waals surface area contributed by atoms with Crippen molar-refractivity contribution in [1.82, 2.24) is 0 Å². The normalized spacial score (nSPS) is 11.0. The average molecular weight is 308 g/mol. The highest BCUT2D eigenvalue weighted by Gasteiger charge is 2.27. The molecule has 21 heavy (non-hydrogen) atoms. The summed E-state index contributed by atoms with van der Waals surface area (Å²) >= 11 is 0. The number of carbonyl (C=O) groups is 1. The lowest BCUT2D eigenvalue weighted by Crippen LogP contribution is -2.24. The lowest BCUT2D eigenvalue weighted by molar-refractivity contribution is -0.384. The smallest absolute Gasteiger partial charge is 0.411 e. The van der Waals surface area contributed by atoms with Gasteiger partial charge in [0.1, 0.15) is 19.0 Å². The first-order valence-electron chi connectivity index (χ1n) is 5.49. The van der Waals surface area contributed by atoms with Crippen molar-refractivity contribution < 1.29 is 32.4 Å². The predicted octanol–water partition coefficient (Wildman–Crippen LogP) is 2.12. The van der Waals surface area contributed by atoms with Gasteiger partial charge >= 0.3 is 6.18 Å². The Morgan fingerprint density at radius 1 is 1.43 bits per heavy atom. The van der Waals surface area contributed by atoms with E-state index in [1.54, 1.807) is 0 Å². The molecule has 0 heterocycles. The SMILES string of the molecule is COc1ccc([N+](=O)[O-])cc1NC(=O)COCC(F)(F)F. The summed E-state index contributed by atoms with van der Waals surface area (Å²) in [5.74, 6) is -0.761. The molecule has 0 fully saturated rings. The lowest BCUT2D eigenvalue weighted by atomic mass is 10.2. The van der Waals surface area contributed by atoms with E-state index < -0.39 is 30.2 Å². The lowest BCUT2D eigenvalue weighted by Gasteiger charge is -2.11. The maximum atomic E-state index is 11.8. The van der Waals surface area contributed by atoms with E-state index in [0.29, 0.717) is 0 Å². The van der Waals surface area contributed by atoms with Crippen molar-refractivity contribution in [2.45, 2.75) is 6.18 Å². The third kappa shape index (κ3) is 5.65. The minimum Gasteiger partial charge on any atom is -0.495 e. The van der Waals surface area contributed by atoms with E-state index in [2.05, 4.69) is 10.1 Å². The van der Waals surface area contributed by atoms with Gasteiger partial charge in [0.25, 0.3) is 5.69 Å². The van der Waals surface area contributed by atoms with Crippen LogP contribution in [0.1, 0.15) is 0 Å². The highest BCUT2D eigenvalue weighted by molar-refractivity contribution is 5.93. The summed E-state index contributed by atoms with van der Waals surface area (Å²) in [5, 5.41) is 12.8. The molecule has 0 radical (unpaired) electrons. The van der Waals surface area contributed by atoms with Crippen LogP contribution in [0.2, 0.25) is 0 Å². The molecular weight excluding hydrogens is 297 g/mol. The molecule has 7 nitrogen and oxygen atoms in total. The third-order valence-corrected chi connectivity index (χ3v) is 2.17. The van der Waals surface area contributed by atoms with Crippen molar-refractivity contribution in [1.29, 1.82) is 0 Å². The molecule has 0 saturated carbocycles. The van der Waals surface area contributed by atoms with E-state index in [4.69, 9.17) is 4.74 Å². The van der Waals surface area contributed by atoms with Gasteiger partial charge in [-0.25, -0.2) is 0 Å². The first-order valence-corrected chi connectivity index (χ1v) is 5.49. The van der Waals surface area contributed by atoms with Crippen molar-refractivity contribution >= 4 is 17.3 Å². The van der Waals surface area contributed by atoms with Gasteiger partial charge in [-0.15, -0.1) is 0 Å². The van der Waals surface area contributed by atoms with Crippen molar-refractivity contribution in [3.63, 3.8) is 0 Å². The molecule has 0 aliphatic heterocycles. The quantitative estimate of drug-likeness (QED) is 0.642. The molecule has 116 valence electrons. The van der Waals surface area contributed by atoms with E-state index in [9.17, 15) is 28.1 Å². The van der Waals surface area contributed by atoms with Crippen LogP contribution in [-0.4, -0.2) is 37.3 Å². The van der Waals surface area contributed by atoms with Gasteiger partial charge in [-0.1, -0.05) is 0 Å². The second-order valence-electron chi connectivity index (χ2n) is 3.80. The van der Waals surface area contributed by atoms with Crippen LogP contribution in [0.15, 0.2) is 18.2 Å². The van der Waals surface area contributed by atoms with Gasteiger partial charge in [-0.2, -0.15) is 13.2 Å². The van der Waals surface area contributed by atoms with Crippen molar-refractivity contribution in [3.05, 3.63) is 28.3 Å². The Hall–Kier alpha value is -2.36. The number of alkyl halides is 3. The number of non-ortho nitro benzene ring substituents is 1. The number of nitro groups is 1. The van der Waals surface area contributed by atoms with Crippen molar-refractivity contribution in [2.75, 3.05) is 25.6 Å². The fraction of sp³-hybridized carbons (Fsp3) is 0.364. The number of anilines is 1. The second-order valence-corrected chi connectivity index (χ2v) is 3.80. The number of halogens is 3. The number of ether oxygens (including phenoxy) is 2. The van der Waals surface area contributed by atoms with Crippen LogP contribution < -0.4 is 10.1 Å². The van der Waals surface area contributed by atoms with Crippen LogP contribution in [0.5, 0.6) is 5.75 Å². The summed E-state index contributed by atoms with van der Waals surface area (Å²) < 4.78 is 44.6. The Morgan fingerprint density at radius 3 is 2.62 bits per heavy atom. The third-order valence-electron chi connectivity index (χ3n) is 2.17. The number of rotatable bonds is 6. The highest BCUT2D eigenvalue weighted by Crippen LogP contribution is 2.28. The number of methoxy groups -OCH3 is 1. The summed E-state index contributed by atoms with van der Waals surface area (Å²) in [5.41, 5.74) is -0.338. The summed E-state index contributed by atoms with van der Waals surface area (Å²) in [7, 11) is 1.27. The number of benzene rings is 1. The van der Waals surface area contributed by atoms with Gasteiger partial charge in [0, 0.05) is 12.1 Å². The molecule has 1 amide bonds. The van der Waals surface area contributed by atoms with E-state index in [1.165, 1.54) is 13.2 Å². The van der Waals surface area contributed by atoms with E-state index >= 15 is 0 Å². The first-order chi connectivity index (χ1) is 9.73. The van der Waals surface area contributed by atoms with Crippen LogP contribution in [0.4, 0.5) is 24.5 Å². The Labute approximate surface area is 116 Å². The topological polar surface area (TPSA) is 90.7 Å². The monoisotopic (exact) mass is 308 g/mol. The highest BCUT2D eigenvalue weighted by atomic mass is 19.4. The number of nitro benzene ring substituents is 1. The van der Waals surface area contributed by atoms with E-state index in [0.717, 1.165) is 12.1 Å². The number of amides is 1. The fourth-order valence-electron chi connectivity index (χ4n) is 1.35. The maximum Gasteiger partial charge on any atom is 0.411 e.